The Morgan fingerprint density at radius 2 is 2.05 bits per heavy atom. The highest BCUT2D eigenvalue weighted by Gasteiger charge is 2.35. The van der Waals surface area contributed by atoms with Gasteiger partial charge >= 0.3 is 0 Å². The molecule has 0 amide bonds. The van der Waals surface area contributed by atoms with Crippen LogP contribution in [0.4, 0.5) is 0 Å². The van der Waals surface area contributed by atoms with Crippen molar-refractivity contribution in [1.82, 2.24) is 10.2 Å². The Bertz CT molecular complexity index is 349. The Hall–Kier alpha value is -0.590. The first-order valence-electron chi connectivity index (χ1n) is 9.09. The van der Waals surface area contributed by atoms with E-state index in [1.54, 1.807) is 0 Å². The minimum Gasteiger partial charge on any atom is -0.300 e. The van der Waals surface area contributed by atoms with Crippen molar-refractivity contribution in [3.63, 3.8) is 0 Å². The lowest BCUT2D eigenvalue weighted by molar-refractivity contribution is 0.178. The van der Waals surface area contributed by atoms with Crippen molar-refractivity contribution < 1.29 is 0 Å². The van der Waals surface area contributed by atoms with Crippen LogP contribution in [0.5, 0.6) is 0 Å². The van der Waals surface area contributed by atoms with Gasteiger partial charge < -0.3 is 4.90 Å². The number of hydrogen-bond donors (Lipinski definition) is 1. The van der Waals surface area contributed by atoms with Gasteiger partial charge in [-0.1, -0.05) is 19.8 Å². The highest BCUT2D eigenvalue weighted by Crippen LogP contribution is 2.36. The molecule has 3 nitrogen and oxygen atoms in total. The van der Waals surface area contributed by atoms with E-state index in [0.29, 0.717) is 0 Å². The predicted octanol–water partition coefficient (Wildman–Crippen LogP) is 3.70. The lowest BCUT2D eigenvalue weighted by atomic mass is 9.85. The van der Waals surface area contributed by atoms with Gasteiger partial charge in [0.25, 0.3) is 0 Å². The van der Waals surface area contributed by atoms with Crippen LogP contribution in [0, 0.1) is 17.2 Å². The van der Waals surface area contributed by atoms with E-state index >= 15 is 0 Å². The van der Waals surface area contributed by atoms with Gasteiger partial charge in [0.15, 0.2) is 0 Å². The van der Waals surface area contributed by atoms with Crippen LogP contribution in [0.25, 0.3) is 0 Å². The fraction of sp³-hybridized carbons (Fsp3) is 0.944. The molecule has 21 heavy (non-hydrogen) atoms. The average Bonchev–Trinajstić information content (AvgIpc) is 2.93. The van der Waals surface area contributed by atoms with Crippen molar-refractivity contribution in [1.29, 1.82) is 5.26 Å². The maximum Gasteiger partial charge on any atom is 0.103 e. The van der Waals surface area contributed by atoms with Crippen molar-refractivity contribution in [2.75, 3.05) is 19.6 Å². The maximum absolute atomic E-state index is 9.35. The van der Waals surface area contributed by atoms with Gasteiger partial charge in [-0.3, -0.25) is 5.32 Å². The Morgan fingerprint density at radius 3 is 2.81 bits per heavy atom. The average molecular weight is 291 g/mol. The molecule has 2 fully saturated rings. The van der Waals surface area contributed by atoms with E-state index in [0.717, 1.165) is 37.8 Å². The molecule has 3 atom stereocenters. The number of rotatable bonds is 8. The number of likely N-dealkylation sites (tertiary alicyclic amines) is 1. The highest BCUT2D eigenvalue weighted by molar-refractivity contribution is 5.03. The third kappa shape index (κ3) is 4.69. The van der Waals surface area contributed by atoms with E-state index < -0.39 is 0 Å². The molecule has 120 valence electrons. The smallest absolute Gasteiger partial charge is 0.103 e. The predicted molar refractivity (Wildman–Crippen MR) is 88.1 cm³/mol. The maximum atomic E-state index is 9.35. The molecule has 0 spiro atoms. The van der Waals surface area contributed by atoms with Crippen LogP contribution in [-0.4, -0.2) is 36.1 Å². The first kappa shape index (κ1) is 16.8. The standard InChI is InChI=1S/C18H33N3/c1-3-12-20-18(2,15-19)11-6-7-13-21-14-10-16-8-4-5-9-17(16)21/h16-17,20H,3-14H2,1-2H3. The van der Waals surface area contributed by atoms with Crippen LogP contribution >= 0.6 is 0 Å². The Labute approximate surface area is 131 Å². The number of nitrogens with one attached hydrogen (secondary N) is 1. The van der Waals surface area contributed by atoms with Gasteiger partial charge in [0.1, 0.15) is 5.54 Å². The number of nitrogens with zero attached hydrogens (tertiary/aromatic N) is 2. The lowest BCUT2D eigenvalue weighted by Crippen LogP contribution is -2.41. The largest absolute Gasteiger partial charge is 0.300 e. The van der Waals surface area contributed by atoms with Crippen molar-refractivity contribution in [2.24, 2.45) is 5.92 Å². The van der Waals surface area contributed by atoms with E-state index in [-0.39, 0.29) is 5.54 Å². The van der Waals surface area contributed by atoms with Crippen LogP contribution in [-0.2, 0) is 0 Å². The zero-order valence-electron chi connectivity index (χ0n) is 14.0. The monoisotopic (exact) mass is 291 g/mol. The highest BCUT2D eigenvalue weighted by atomic mass is 15.2. The number of nitriles is 1. The van der Waals surface area contributed by atoms with E-state index in [2.05, 4.69) is 30.1 Å². The number of hydrogen-bond acceptors (Lipinski definition) is 3. The van der Waals surface area contributed by atoms with Gasteiger partial charge in [-0.05, 0) is 77.4 Å². The van der Waals surface area contributed by atoms with E-state index in [9.17, 15) is 5.26 Å². The van der Waals surface area contributed by atoms with Gasteiger partial charge in [-0.2, -0.15) is 5.26 Å². The van der Waals surface area contributed by atoms with Crippen molar-refractivity contribution >= 4 is 0 Å². The van der Waals surface area contributed by atoms with E-state index in [1.807, 2.05) is 0 Å². The Morgan fingerprint density at radius 1 is 1.24 bits per heavy atom. The molecule has 1 saturated heterocycles. The van der Waals surface area contributed by atoms with Crippen LogP contribution in [0.1, 0.15) is 71.6 Å². The molecular formula is C18H33N3. The molecule has 2 aliphatic rings. The molecule has 2 rings (SSSR count). The molecular weight excluding hydrogens is 258 g/mol. The van der Waals surface area contributed by atoms with Crippen LogP contribution in [0.15, 0.2) is 0 Å². The third-order valence-corrected chi connectivity index (χ3v) is 5.51. The fourth-order valence-corrected chi connectivity index (χ4v) is 4.16. The second-order valence-electron chi connectivity index (χ2n) is 7.26. The van der Waals surface area contributed by atoms with Gasteiger partial charge in [-0.15, -0.1) is 0 Å². The molecule has 1 saturated carbocycles. The van der Waals surface area contributed by atoms with E-state index in [1.165, 1.54) is 51.6 Å². The summed E-state index contributed by atoms with van der Waals surface area (Å²) in [7, 11) is 0. The SMILES string of the molecule is CCCNC(C)(C#N)CCCCN1CCC2CCCCC21. The second kappa shape index (κ2) is 8.15. The fourth-order valence-electron chi connectivity index (χ4n) is 4.16. The van der Waals surface area contributed by atoms with Crippen LogP contribution in [0.3, 0.4) is 0 Å². The third-order valence-electron chi connectivity index (χ3n) is 5.51. The molecule has 0 aromatic carbocycles. The summed E-state index contributed by atoms with van der Waals surface area (Å²) in [6, 6.07) is 3.35. The first-order valence-corrected chi connectivity index (χ1v) is 9.09. The number of fused-ring (bicyclic) bond motifs is 1. The van der Waals surface area contributed by atoms with Gasteiger partial charge in [0, 0.05) is 6.04 Å². The molecule has 0 aromatic rings. The molecule has 0 aromatic heterocycles. The summed E-state index contributed by atoms with van der Waals surface area (Å²) in [5.74, 6) is 0.995. The van der Waals surface area contributed by atoms with Crippen LogP contribution < -0.4 is 5.32 Å². The lowest BCUT2D eigenvalue weighted by Gasteiger charge is -2.32. The van der Waals surface area contributed by atoms with Crippen molar-refractivity contribution in [2.45, 2.75) is 83.2 Å². The zero-order valence-corrected chi connectivity index (χ0v) is 14.0. The van der Waals surface area contributed by atoms with E-state index in [4.69, 9.17) is 0 Å². The molecule has 3 unspecified atom stereocenters. The molecule has 0 radical (unpaired) electrons. The molecule has 1 aliphatic heterocycles. The molecule has 0 bridgehead atoms. The second-order valence-corrected chi connectivity index (χ2v) is 7.26. The van der Waals surface area contributed by atoms with Gasteiger partial charge in [0.05, 0.1) is 6.07 Å². The molecule has 3 heteroatoms. The summed E-state index contributed by atoms with van der Waals surface area (Å²) in [5.41, 5.74) is -0.325. The van der Waals surface area contributed by atoms with Crippen molar-refractivity contribution in [3.05, 3.63) is 0 Å². The minimum absolute atomic E-state index is 0.325. The summed E-state index contributed by atoms with van der Waals surface area (Å²) in [6.07, 6.45) is 11.7. The number of unbranched alkanes of at least 4 members (excludes halogenated alkanes) is 1. The van der Waals surface area contributed by atoms with Gasteiger partial charge in [0.2, 0.25) is 0 Å². The van der Waals surface area contributed by atoms with Gasteiger partial charge in [-0.25, -0.2) is 0 Å². The quantitative estimate of drug-likeness (QED) is 0.693. The summed E-state index contributed by atoms with van der Waals surface area (Å²) in [6.45, 7) is 7.71. The van der Waals surface area contributed by atoms with Crippen molar-refractivity contribution in [3.8, 4) is 6.07 Å². The summed E-state index contributed by atoms with van der Waals surface area (Å²) < 4.78 is 0. The summed E-state index contributed by atoms with van der Waals surface area (Å²) in [4.78, 5) is 2.74. The minimum atomic E-state index is -0.325. The topological polar surface area (TPSA) is 39.1 Å². The summed E-state index contributed by atoms with van der Waals surface area (Å²) in [5, 5.41) is 12.7. The molecule has 1 aliphatic carbocycles. The first-order chi connectivity index (χ1) is 10.2. The zero-order chi connectivity index (χ0) is 15.1. The molecule has 1 N–H and O–H groups in total. The Kier molecular flexibility index (Phi) is 6.51. The molecule has 1 heterocycles. The Balaban J connectivity index is 1.66. The normalized spacial score (nSPS) is 28.8. The summed E-state index contributed by atoms with van der Waals surface area (Å²) >= 11 is 0. The van der Waals surface area contributed by atoms with Crippen LogP contribution in [0.2, 0.25) is 0 Å².